The van der Waals surface area contributed by atoms with E-state index in [1.807, 2.05) is 54.6 Å². The lowest BCUT2D eigenvalue weighted by Crippen LogP contribution is -2.22. The van der Waals surface area contributed by atoms with Crippen LogP contribution in [0.3, 0.4) is 0 Å². The van der Waals surface area contributed by atoms with Gasteiger partial charge in [-0.25, -0.2) is 4.79 Å². The highest BCUT2D eigenvalue weighted by atomic mass is 32.1. The fourth-order valence-electron chi connectivity index (χ4n) is 3.51. The summed E-state index contributed by atoms with van der Waals surface area (Å²) in [6.07, 6.45) is 5.47. The third-order valence-electron chi connectivity index (χ3n) is 4.77. The number of aromatic carboxylic acids is 1. The van der Waals surface area contributed by atoms with Crippen LogP contribution in [0.25, 0.3) is 11.1 Å². The topological polar surface area (TPSA) is 75.6 Å². The summed E-state index contributed by atoms with van der Waals surface area (Å²) in [4.78, 5) is 25.5. The molecule has 2 aromatic carbocycles. The maximum Gasteiger partial charge on any atom is 0.346 e. The van der Waals surface area contributed by atoms with Crippen LogP contribution in [-0.2, 0) is 4.79 Å². The van der Waals surface area contributed by atoms with E-state index in [1.54, 1.807) is 0 Å². The monoisotopic (exact) mass is 403 g/mol. The summed E-state index contributed by atoms with van der Waals surface area (Å²) >= 11 is 1.22. The Kier molecular flexibility index (Phi) is 5.07. The van der Waals surface area contributed by atoms with Crippen LogP contribution in [0, 0.1) is 12.3 Å². The van der Waals surface area contributed by atoms with Crippen LogP contribution in [0.1, 0.15) is 32.5 Å². The van der Waals surface area contributed by atoms with Crippen molar-refractivity contribution in [2.75, 3.05) is 11.9 Å². The molecule has 0 aliphatic carbocycles. The lowest BCUT2D eigenvalue weighted by Gasteiger charge is -2.24. The van der Waals surface area contributed by atoms with Gasteiger partial charge >= 0.3 is 5.97 Å². The van der Waals surface area contributed by atoms with Gasteiger partial charge in [0.2, 0.25) is 5.91 Å². The van der Waals surface area contributed by atoms with Crippen LogP contribution in [0.4, 0.5) is 5.69 Å². The molecule has 29 heavy (non-hydrogen) atoms. The van der Waals surface area contributed by atoms with Crippen molar-refractivity contribution >= 4 is 28.9 Å². The summed E-state index contributed by atoms with van der Waals surface area (Å²) in [5.74, 6) is 1.70. The molecule has 5 nitrogen and oxygen atoms in total. The first-order valence-electron chi connectivity index (χ1n) is 9.00. The van der Waals surface area contributed by atoms with Gasteiger partial charge < -0.3 is 15.2 Å². The number of anilines is 1. The normalized spacial score (nSPS) is 15.1. The number of hydrogen-bond acceptors (Lipinski definition) is 4. The Morgan fingerprint density at radius 1 is 1.21 bits per heavy atom. The van der Waals surface area contributed by atoms with Gasteiger partial charge in [-0.3, -0.25) is 4.79 Å². The summed E-state index contributed by atoms with van der Waals surface area (Å²) in [5.41, 5.74) is 2.84. The quantitative estimate of drug-likeness (QED) is 0.611. The number of carboxylic acid groups (broad SMARTS) is 1. The molecule has 0 radical (unpaired) electrons. The van der Waals surface area contributed by atoms with E-state index in [2.05, 4.69) is 11.2 Å². The Hall–Kier alpha value is -3.56. The summed E-state index contributed by atoms with van der Waals surface area (Å²) in [6, 6.07) is 16.7. The second kappa shape index (κ2) is 7.82. The van der Waals surface area contributed by atoms with Crippen molar-refractivity contribution in [3.63, 3.8) is 0 Å². The van der Waals surface area contributed by atoms with Crippen LogP contribution in [0.15, 0.2) is 54.6 Å². The minimum absolute atomic E-state index is 0.137. The number of terminal acetylenes is 1. The van der Waals surface area contributed by atoms with E-state index in [0.29, 0.717) is 17.0 Å². The number of rotatable bonds is 5. The average Bonchev–Trinajstić information content (AvgIpc) is 3.12. The van der Waals surface area contributed by atoms with Gasteiger partial charge in [-0.1, -0.05) is 48.4 Å². The fraction of sp³-hybridized carbons (Fsp3) is 0.130. The molecule has 2 heterocycles. The molecule has 0 unspecified atom stereocenters. The van der Waals surface area contributed by atoms with E-state index in [0.717, 1.165) is 16.0 Å². The second-order valence-electron chi connectivity index (χ2n) is 6.58. The largest absolute Gasteiger partial charge is 0.481 e. The number of hydrogen-bond donors (Lipinski definition) is 2. The molecule has 0 saturated heterocycles. The number of carbonyl (C=O) groups is 2. The number of thiophene rings is 1. The number of ether oxygens (including phenoxy) is 1. The molecular weight excluding hydrogens is 386 g/mol. The molecule has 4 rings (SSSR count). The Labute approximate surface area is 172 Å². The molecule has 1 atom stereocenters. The smallest absolute Gasteiger partial charge is 0.346 e. The first-order valence-corrected chi connectivity index (χ1v) is 9.81. The number of benzene rings is 2. The van der Waals surface area contributed by atoms with E-state index < -0.39 is 5.97 Å². The molecule has 1 aliphatic rings. The van der Waals surface area contributed by atoms with Gasteiger partial charge in [0.05, 0.1) is 5.69 Å². The number of nitrogens with one attached hydrogen (secondary N) is 1. The van der Waals surface area contributed by atoms with E-state index >= 15 is 0 Å². The first kappa shape index (κ1) is 18.8. The van der Waals surface area contributed by atoms with Gasteiger partial charge in [-0.05, 0) is 23.3 Å². The van der Waals surface area contributed by atoms with Gasteiger partial charge in [0, 0.05) is 22.8 Å². The predicted molar refractivity (Wildman–Crippen MR) is 113 cm³/mol. The number of carbonyl (C=O) groups excluding carboxylic acids is 1. The molecule has 2 N–H and O–H groups in total. The van der Waals surface area contributed by atoms with Crippen molar-refractivity contribution < 1.29 is 19.4 Å². The van der Waals surface area contributed by atoms with E-state index in [1.165, 1.54) is 11.3 Å². The zero-order valence-corrected chi connectivity index (χ0v) is 16.2. The zero-order chi connectivity index (χ0) is 20.4. The highest BCUT2D eigenvalue weighted by molar-refractivity contribution is 7.15. The maximum atomic E-state index is 12.5. The summed E-state index contributed by atoms with van der Waals surface area (Å²) in [7, 11) is 0. The third-order valence-corrected chi connectivity index (χ3v) is 6.06. The zero-order valence-electron chi connectivity index (χ0n) is 15.3. The van der Waals surface area contributed by atoms with Crippen molar-refractivity contribution in [3.05, 3.63) is 69.9 Å². The van der Waals surface area contributed by atoms with Gasteiger partial charge in [0.1, 0.15) is 17.2 Å². The van der Waals surface area contributed by atoms with Crippen molar-refractivity contribution in [1.82, 2.24) is 0 Å². The molecule has 3 aromatic rings. The van der Waals surface area contributed by atoms with Crippen molar-refractivity contribution in [2.24, 2.45) is 0 Å². The van der Waals surface area contributed by atoms with Crippen molar-refractivity contribution in [3.8, 4) is 29.2 Å². The average molecular weight is 403 g/mol. The van der Waals surface area contributed by atoms with Crippen LogP contribution >= 0.6 is 11.3 Å². The standard InChI is InChI=1S/C23H17NO4S/c1-2-12-28-16-10-8-14(9-11-16)17-13-18(25)24-20-19(15-6-4-3-5-7-15)22(23(26)27)29-21(17)20/h1,3-11,17H,12-13H2,(H,24,25)(H,26,27)/t17-/m0/s1. The fourth-order valence-corrected chi connectivity index (χ4v) is 4.75. The molecule has 144 valence electrons. The Morgan fingerprint density at radius 2 is 1.93 bits per heavy atom. The van der Waals surface area contributed by atoms with Crippen LogP contribution < -0.4 is 10.1 Å². The second-order valence-corrected chi connectivity index (χ2v) is 7.64. The third kappa shape index (κ3) is 3.60. The lowest BCUT2D eigenvalue weighted by molar-refractivity contribution is -0.116. The van der Waals surface area contributed by atoms with E-state index in [-0.39, 0.29) is 29.7 Å². The minimum atomic E-state index is -1.01. The summed E-state index contributed by atoms with van der Waals surface area (Å²) in [6.45, 7) is 0.183. The van der Waals surface area contributed by atoms with E-state index in [9.17, 15) is 14.7 Å². The maximum absolute atomic E-state index is 12.5. The van der Waals surface area contributed by atoms with Crippen molar-refractivity contribution in [1.29, 1.82) is 0 Å². The van der Waals surface area contributed by atoms with Gasteiger partial charge in [0.15, 0.2) is 0 Å². The Balaban J connectivity index is 1.81. The molecule has 6 heteroatoms. The summed E-state index contributed by atoms with van der Waals surface area (Å²) < 4.78 is 5.41. The van der Waals surface area contributed by atoms with Gasteiger partial charge in [-0.15, -0.1) is 17.8 Å². The van der Waals surface area contributed by atoms with Crippen molar-refractivity contribution in [2.45, 2.75) is 12.3 Å². The number of fused-ring (bicyclic) bond motifs is 1. The van der Waals surface area contributed by atoms with Gasteiger partial charge in [-0.2, -0.15) is 0 Å². The van der Waals surface area contributed by atoms with Crippen LogP contribution in [0.2, 0.25) is 0 Å². The molecule has 0 bridgehead atoms. The molecule has 0 saturated carbocycles. The number of amides is 1. The van der Waals surface area contributed by atoms with Gasteiger partial charge in [0.25, 0.3) is 0 Å². The lowest BCUT2D eigenvalue weighted by atomic mass is 9.88. The first-order chi connectivity index (χ1) is 14.1. The molecule has 1 aliphatic heterocycles. The summed E-state index contributed by atoms with van der Waals surface area (Å²) in [5, 5.41) is 12.7. The predicted octanol–water partition coefficient (Wildman–Crippen LogP) is 4.60. The highest BCUT2D eigenvalue weighted by Crippen LogP contribution is 2.49. The molecule has 1 aromatic heterocycles. The van der Waals surface area contributed by atoms with E-state index in [4.69, 9.17) is 11.2 Å². The Bertz CT molecular complexity index is 1110. The Morgan fingerprint density at radius 3 is 2.59 bits per heavy atom. The molecule has 1 amide bonds. The minimum Gasteiger partial charge on any atom is -0.481 e. The molecule has 0 fully saturated rings. The number of carboxylic acids is 1. The highest BCUT2D eigenvalue weighted by Gasteiger charge is 2.34. The van der Waals surface area contributed by atoms with Crippen LogP contribution in [-0.4, -0.2) is 23.6 Å². The SMILES string of the molecule is C#CCOc1ccc([C@@H]2CC(=O)Nc3c2sc(C(=O)O)c3-c2ccccc2)cc1. The molecular formula is C23H17NO4S. The van der Waals surface area contributed by atoms with Crippen LogP contribution in [0.5, 0.6) is 5.75 Å². The molecule has 0 spiro atoms.